The molecule has 1 aromatic heterocycles. The second kappa shape index (κ2) is 7.19. The molecule has 0 aliphatic carbocycles. The standard InChI is InChI=1S/C20H22FNO3S/c1-20(2,3)25-19(24)22-10-4-5-16(22)17-11-14(12-26-17)18(23)13-6-8-15(21)9-7-13/h6-9,11-12,16H,4-5,10H2,1-3H3/t16-/m0/s1. The molecule has 1 aliphatic heterocycles. The van der Waals surface area contributed by atoms with Crippen molar-refractivity contribution in [3.05, 3.63) is 57.5 Å². The van der Waals surface area contributed by atoms with Crippen LogP contribution in [0.1, 0.15) is 60.5 Å². The van der Waals surface area contributed by atoms with Crippen LogP contribution in [0, 0.1) is 5.82 Å². The molecule has 6 heteroatoms. The molecule has 1 saturated heterocycles. The summed E-state index contributed by atoms with van der Waals surface area (Å²) in [5.41, 5.74) is 0.474. The number of halogens is 1. The minimum atomic E-state index is -0.538. The van der Waals surface area contributed by atoms with Gasteiger partial charge in [0.1, 0.15) is 11.4 Å². The molecule has 1 fully saturated rings. The van der Waals surface area contributed by atoms with Gasteiger partial charge in [-0.1, -0.05) is 0 Å². The van der Waals surface area contributed by atoms with Gasteiger partial charge >= 0.3 is 6.09 Å². The van der Waals surface area contributed by atoms with E-state index >= 15 is 0 Å². The first-order valence-electron chi connectivity index (χ1n) is 8.63. The van der Waals surface area contributed by atoms with Crippen LogP contribution in [0.2, 0.25) is 0 Å². The van der Waals surface area contributed by atoms with Crippen LogP contribution in [0.25, 0.3) is 0 Å². The van der Waals surface area contributed by atoms with Crippen molar-refractivity contribution in [2.75, 3.05) is 6.54 Å². The second-order valence-corrected chi connectivity index (χ2v) is 8.35. The monoisotopic (exact) mass is 375 g/mol. The van der Waals surface area contributed by atoms with Gasteiger partial charge < -0.3 is 9.64 Å². The van der Waals surface area contributed by atoms with Crippen LogP contribution < -0.4 is 0 Å². The van der Waals surface area contributed by atoms with Crippen molar-refractivity contribution in [2.24, 2.45) is 0 Å². The van der Waals surface area contributed by atoms with Gasteiger partial charge in [-0.05, 0) is 63.9 Å². The summed E-state index contributed by atoms with van der Waals surface area (Å²) in [7, 11) is 0. The molecular weight excluding hydrogens is 353 g/mol. The number of hydrogen-bond donors (Lipinski definition) is 0. The maximum Gasteiger partial charge on any atom is 0.410 e. The molecule has 0 radical (unpaired) electrons. The topological polar surface area (TPSA) is 46.6 Å². The molecule has 1 aromatic carbocycles. The number of likely N-dealkylation sites (tertiary alicyclic amines) is 1. The zero-order valence-electron chi connectivity index (χ0n) is 15.1. The average molecular weight is 375 g/mol. The fourth-order valence-corrected chi connectivity index (χ4v) is 4.05. The molecule has 1 aliphatic rings. The third kappa shape index (κ3) is 4.12. The molecule has 0 N–H and O–H groups in total. The number of carbonyl (C=O) groups excluding carboxylic acids is 2. The number of amides is 1. The summed E-state index contributed by atoms with van der Waals surface area (Å²) < 4.78 is 18.5. The fraction of sp³-hybridized carbons (Fsp3) is 0.400. The average Bonchev–Trinajstić information content (AvgIpc) is 3.22. The number of ketones is 1. The Kier molecular flexibility index (Phi) is 5.14. The van der Waals surface area contributed by atoms with E-state index in [1.807, 2.05) is 26.8 Å². The summed E-state index contributed by atoms with van der Waals surface area (Å²) in [6, 6.07) is 7.30. The molecule has 3 rings (SSSR count). The predicted molar refractivity (Wildman–Crippen MR) is 99.1 cm³/mol. The van der Waals surface area contributed by atoms with Crippen LogP contribution in [-0.4, -0.2) is 28.9 Å². The van der Waals surface area contributed by atoms with E-state index in [4.69, 9.17) is 4.74 Å². The molecule has 26 heavy (non-hydrogen) atoms. The smallest absolute Gasteiger partial charge is 0.410 e. The highest BCUT2D eigenvalue weighted by Crippen LogP contribution is 2.36. The highest BCUT2D eigenvalue weighted by molar-refractivity contribution is 7.10. The lowest BCUT2D eigenvalue weighted by molar-refractivity contribution is 0.0227. The Bertz CT molecular complexity index is 807. The van der Waals surface area contributed by atoms with E-state index < -0.39 is 5.60 Å². The van der Waals surface area contributed by atoms with Crippen molar-refractivity contribution in [1.29, 1.82) is 0 Å². The van der Waals surface area contributed by atoms with Crippen molar-refractivity contribution < 1.29 is 18.7 Å². The summed E-state index contributed by atoms with van der Waals surface area (Å²) >= 11 is 1.47. The largest absolute Gasteiger partial charge is 0.444 e. The summed E-state index contributed by atoms with van der Waals surface area (Å²) in [6.45, 7) is 6.19. The SMILES string of the molecule is CC(C)(C)OC(=O)N1CCC[C@H]1c1cc(C(=O)c2ccc(F)cc2)cs1. The van der Waals surface area contributed by atoms with Gasteiger partial charge in [0, 0.05) is 27.9 Å². The lowest BCUT2D eigenvalue weighted by atomic mass is 10.0. The highest BCUT2D eigenvalue weighted by atomic mass is 32.1. The first kappa shape index (κ1) is 18.6. The quantitative estimate of drug-likeness (QED) is 0.694. The number of benzene rings is 1. The molecule has 2 heterocycles. The molecule has 1 atom stereocenters. The van der Waals surface area contributed by atoms with Crippen molar-refractivity contribution in [3.8, 4) is 0 Å². The second-order valence-electron chi connectivity index (χ2n) is 7.41. The fourth-order valence-electron chi connectivity index (χ4n) is 3.02. The van der Waals surface area contributed by atoms with Gasteiger partial charge in [-0.2, -0.15) is 0 Å². The lowest BCUT2D eigenvalue weighted by Gasteiger charge is -2.28. The van der Waals surface area contributed by atoms with Crippen LogP contribution in [0.4, 0.5) is 9.18 Å². The molecule has 0 saturated carbocycles. The van der Waals surface area contributed by atoms with Crippen LogP contribution in [0.15, 0.2) is 35.7 Å². The number of carbonyl (C=O) groups is 2. The van der Waals surface area contributed by atoms with E-state index in [0.717, 1.165) is 17.7 Å². The van der Waals surface area contributed by atoms with Gasteiger partial charge in [-0.3, -0.25) is 4.79 Å². The Labute approximate surface area is 156 Å². The summed E-state index contributed by atoms with van der Waals surface area (Å²) in [6.07, 6.45) is 1.44. The Hall–Kier alpha value is -2.21. The highest BCUT2D eigenvalue weighted by Gasteiger charge is 2.34. The van der Waals surface area contributed by atoms with Gasteiger partial charge in [0.25, 0.3) is 0 Å². The first-order chi connectivity index (χ1) is 12.2. The Morgan fingerprint density at radius 1 is 1.19 bits per heavy atom. The van der Waals surface area contributed by atoms with Gasteiger partial charge in [0.2, 0.25) is 0 Å². The predicted octanol–water partition coefficient (Wildman–Crippen LogP) is 5.19. The van der Waals surface area contributed by atoms with Crippen LogP contribution >= 0.6 is 11.3 Å². The molecule has 138 valence electrons. The van der Waals surface area contributed by atoms with Crippen molar-refractivity contribution >= 4 is 23.2 Å². The van der Waals surface area contributed by atoms with Crippen molar-refractivity contribution in [3.63, 3.8) is 0 Å². The van der Waals surface area contributed by atoms with Gasteiger partial charge in [-0.15, -0.1) is 11.3 Å². The van der Waals surface area contributed by atoms with E-state index in [2.05, 4.69) is 0 Å². The minimum Gasteiger partial charge on any atom is -0.444 e. The van der Waals surface area contributed by atoms with E-state index in [0.29, 0.717) is 17.7 Å². The molecule has 0 unspecified atom stereocenters. The third-order valence-electron chi connectivity index (χ3n) is 4.20. The summed E-state index contributed by atoms with van der Waals surface area (Å²) in [4.78, 5) is 27.7. The van der Waals surface area contributed by atoms with Gasteiger partial charge in [-0.25, -0.2) is 9.18 Å². The third-order valence-corrected chi connectivity index (χ3v) is 5.23. The molecule has 0 spiro atoms. The zero-order chi connectivity index (χ0) is 18.9. The minimum absolute atomic E-state index is 0.0652. The molecule has 1 amide bonds. The number of ether oxygens (including phenoxy) is 1. The Morgan fingerprint density at radius 3 is 2.54 bits per heavy atom. The van der Waals surface area contributed by atoms with E-state index in [9.17, 15) is 14.0 Å². The van der Waals surface area contributed by atoms with Crippen molar-refractivity contribution in [2.45, 2.75) is 45.3 Å². The van der Waals surface area contributed by atoms with E-state index in [-0.39, 0.29) is 23.7 Å². The number of thiophene rings is 1. The van der Waals surface area contributed by atoms with Crippen LogP contribution in [0.3, 0.4) is 0 Å². The molecular formula is C20H22FNO3S. The van der Waals surface area contributed by atoms with Gasteiger partial charge in [0.05, 0.1) is 6.04 Å². The maximum atomic E-state index is 13.0. The summed E-state index contributed by atoms with van der Waals surface area (Å²) in [5.74, 6) is -0.513. The van der Waals surface area contributed by atoms with E-state index in [1.54, 1.807) is 10.3 Å². The molecule has 2 aromatic rings. The first-order valence-corrected chi connectivity index (χ1v) is 9.51. The Morgan fingerprint density at radius 2 is 1.88 bits per heavy atom. The summed E-state index contributed by atoms with van der Waals surface area (Å²) in [5, 5.41) is 1.80. The number of nitrogens with zero attached hydrogens (tertiary/aromatic N) is 1. The van der Waals surface area contributed by atoms with Crippen LogP contribution in [0.5, 0.6) is 0 Å². The maximum absolute atomic E-state index is 13.0. The molecule has 4 nitrogen and oxygen atoms in total. The zero-order valence-corrected chi connectivity index (χ0v) is 15.9. The van der Waals surface area contributed by atoms with Crippen LogP contribution in [-0.2, 0) is 4.74 Å². The number of hydrogen-bond acceptors (Lipinski definition) is 4. The number of rotatable bonds is 3. The van der Waals surface area contributed by atoms with E-state index in [1.165, 1.54) is 35.6 Å². The Balaban J connectivity index is 1.77. The normalized spacial score (nSPS) is 17.4. The lowest BCUT2D eigenvalue weighted by Crippen LogP contribution is -2.36. The van der Waals surface area contributed by atoms with Crippen molar-refractivity contribution in [1.82, 2.24) is 4.90 Å². The molecule has 0 bridgehead atoms. The van der Waals surface area contributed by atoms with Gasteiger partial charge in [0.15, 0.2) is 5.78 Å².